The minimum absolute atomic E-state index is 0.147. The molecule has 0 aliphatic carbocycles. The molecule has 0 fully saturated rings. The van der Waals surface area contributed by atoms with Gasteiger partial charge in [0.15, 0.2) is 0 Å². The van der Waals surface area contributed by atoms with Crippen LogP contribution >= 0.6 is 0 Å². The number of rotatable bonds is 34. The van der Waals surface area contributed by atoms with E-state index in [-0.39, 0.29) is 11.9 Å². The van der Waals surface area contributed by atoms with Crippen molar-refractivity contribution in [2.45, 2.75) is 217 Å². The summed E-state index contributed by atoms with van der Waals surface area (Å²) in [6, 6.07) is 0. The van der Waals surface area contributed by atoms with Gasteiger partial charge in [0.2, 0.25) is 0 Å². The predicted molar refractivity (Wildman–Crippen MR) is 222 cm³/mol. The highest BCUT2D eigenvalue weighted by atomic mass is 16.5. The Kier molecular flexibility index (Phi) is 32.0. The first-order valence-corrected chi connectivity index (χ1v) is 21.9. The van der Waals surface area contributed by atoms with Crippen LogP contribution in [0.4, 0.5) is 0 Å². The summed E-state index contributed by atoms with van der Waals surface area (Å²) in [7, 11) is 0. The van der Waals surface area contributed by atoms with Crippen molar-refractivity contribution in [3.8, 4) is 0 Å². The summed E-state index contributed by atoms with van der Waals surface area (Å²) in [4.78, 5) is 24.3. The molecular formula is C47H88O4. The summed E-state index contributed by atoms with van der Waals surface area (Å²) in [5.74, 6) is 4.66. The Hall–Kier alpha value is -1.58. The molecular weight excluding hydrogens is 629 g/mol. The summed E-state index contributed by atoms with van der Waals surface area (Å²) in [5, 5.41) is 0. The molecule has 0 N–H and O–H groups in total. The molecule has 4 heteroatoms. The largest absolute Gasteiger partial charge is 0.461 e. The van der Waals surface area contributed by atoms with E-state index in [2.05, 4.69) is 81.4 Å². The molecule has 0 spiro atoms. The molecule has 0 aromatic rings. The Morgan fingerprint density at radius 2 is 0.686 bits per heavy atom. The highest BCUT2D eigenvalue weighted by molar-refractivity contribution is 5.70. The van der Waals surface area contributed by atoms with Crippen LogP contribution in [0, 0.1) is 35.5 Å². The van der Waals surface area contributed by atoms with Crippen molar-refractivity contribution in [3.63, 3.8) is 0 Å². The molecule has 0 rings (SSSR count). The maximum Gasteiger partial charge on any atom is 0.306 e. The van der Waals surface area contributed by atoms with Crippen LogP contribution in [0.3, 0.4) is 0 Å². The van der Waals surface area contributed by atoms with Gasteiger partial charge in [-0.1, -0.05) is 163 Å². The van der Waals surface area contributed by atoms with Gasteiger partial charge in [-0.25, -0.2) is 0 Å². The standard InChI is InChI=1S/C47H88O4/c1-38(2)20-14-22-40(5)24-16-26-42(7)28-18-30-44(9)34-36-50-46(48)32-12-11-13-33-47(49)51-37-35-45(10)31-19-29-43(8)27-17-25-41(6)23-15-21-39(3)4/h34-35,38-43H,11-33,36-37H2,1-10H3/t40-,41-,42-,43-/m1/s1. The minimum atomic E-state index is -0.147. The lowest BCUT2D eigenvalue weighted by Crippen LogP contribution is -2.06. The van der Waals surface area contributed by atoms with Gasteiger partial charge in [-0.15, -0.1) is 0 Å². The minimum Gasteiger partial charge on any atom is -0.461 e. The van der Waals surface area contributed by atoms with E-state index in [4.69, 9.17) is 9.47 Å². The molecule has 4 nitrogen and oxygen atoms in total. The third kappa shape index (κ3) is 35.2. The Morgan fingerprint density at radius 3 is 1.00 bits per heavy atom. The third-order valence-electron chi connectivity index (χ3n) is 10.9. The second kappa shape index (κ2) is 33.0. The summed E-state index contributed by atoms with van der Waals surface area (Å²) < 4.78 is 10.9. The van der Waals surface area contributed by atoms with E-state index in [1.807, 2.05) is 0 Å². The number of carbonyl (C=O) groups excluding carboxylic acids is 2. The van der Waals surface area contributed by atoms with Crippen LogP contribution in [0.15, 0.2) is 23.3 Å². The summed E-state index contributed by atoms with van der Waals surface area (Å²) in [6.45, 7) is 24.0. The first-order chi connectivity index (χ1) is 24.3. The number of unbranched alkanes of at least 4 members (excludes halogenated alkanes) is 2. The van der Waals surface area contributed by atoms with Crippen molar-refractivity contribution < 1.29 is 19.1 Å². The van der Waals surface area contributed by atoms with Gasteiger partial charge in [-0.3, -0.25) is 9.59 Å². The van der Waals surface area contributed by atoms with Crippen molar-refractivity contribution >= 4 is 11.9 Å². The molecule has 0 aromatic heterocycles. The first kappa shape index (κ1) is 49.4. The second-order valence-electron chi connectivity index (χ2n) is 17.7. The molecule has 0 amide bonds. The molecule has 300 valence electrons. The Morgan fingerprint density at radius 1 is 0.392 bits per heavy atom. The van der Waals surface area contributed by atoms with E-state index in [1.54, 1.807) is 0 Å². The monoisotopic (exact) mass is 717 g/mol. The zero-order chi connectivity index (χ0) is 38.3. The molecule has 0 aliphatic rings. The highest BCUT2D eigenvalue weighted by Gasteiger charge is 2.09. The van der Waals surface area contributed by atoms with E-state index in [1.165, 1.54) is 114 Å². The lowest BCUT2D eigenvalue weighted by molar-refractivity contribution is -0.142. The summed E-state index contributed by atoms with van der Waals surface area (Å²) in [6.07, 6.45) is 30.8. The van der Waals surface area contributed by atoms with Crippen molar-refractivity contribution in [3.05, 3.63) is 23.3 Å². The number of allylic oxidation sites excluding steroid dienone is 2. The molecule has 4 atom stereocenters. The van der Waals surface area contributed by atoms with Gasteiger partial charge >= 0.3 is 11.9 Å². The average Bonchev–Trinajstić information content (AvgIpc) is 3.04. The fourth-order valence-corrected chi connectivity index (χ4v) is 7.03. The number of hydrogen-bond acceptors (Lipinski definition) is 4. The van der Waals surface area contributed by atoms with E-state index < -0.39 is 0 Å². The zero-order valence-electron chi connectivity index (χ0n) is 35.9. The Labute approximate surface area is 319 Å². The van der Waals surface area contributed by atoms with Crippen LogP contribution in [0.2, 0.25) is 0 Å². The molecule has 0 radical (unpaired) electrons. The molecule has 0 heterocycles. The fourth-order valence-electron chi connectivity index (χ4n) is 7.03. The van der Waals surface area contributed by atoms with Crippen LogP contribution < -0.4 is 0 Å². The van der Waals surface area contributed by atoms with Gasteiger partial charge in [0.1, 0.15) is 13.2 Å². The second-order valence-corrected chi connectivity index (χ2v) is 17.7. The normalized spacial score (nSPS) is 14.9. The van der Waals surface area contributed by atoms with Crippen molar-refractivity contribution in [1.82, 2.24) is 0 Å². The van der Waals surface area contributed by atoms with Gasteiger partial charge in [0.25, 0.3) is 0 Å². The average molecular weight is 717 g/mol. The fraction of sp³-hybridized carbons (Fsp3) is 0.872. The van der Waals surface area contributed by atoms with Crippen LogP contribution in [0.1, 0.15) is 217 Å². The quantitative estimate of drug-likeness (QED) is 0.0378. The van der Waals surface area contributed by atoms with E-state index in [0.29, 0.717) is 26.1 Å². The molecule has 51 heavy (non-hydrogen) atoms. The van der Waals surface area contributed by atoms with Gasteiger partial charge in [0.05, 0.1) is 0 Å². The van der Waals surface area contributed by atoms with E-state index in [0.717, 1.165) is 67.6 Å². The van der Waals surface area contributed by atoms with Crippen LogP contribution in [0.25, 0.3) is 0 Å². The highest BCUT2D eigenvalue weighted by Crippen LogP contribution is 2.23. The van der Waals surface area contributed by atoms with Crippen LogP contribution in [0.5, 0.6) is 0 Å². The van der Waals surface area contributed by atoms with E-state index in [9.17, 15) is 9.59 Å². The maximum atomic E-state index is 12.1. The van der Waals surface area contributed by atoms with E-state index >= 15 is 0 Å². The smallest absolute Gasteiger partial charge is 0.306 e. The zero-order valence-corrected chi connectivity index (χ0v) is 35.9. The molecule has 0 unspecified atom stereocenters. The molecule has 0 bridgehead atoms. The third-order valence-corrected chi connectivity index (χ3v) is 10.9. The predicted octanol–water partition coefficient (Wildman–Crippen LogP) is 14.8. The molecule has 0 saturated carbocycles. The van der Waals surface area contributed by atoms with Gasteiger partial charge in [-0.05, 0) is 100 Å². The molecule has 0 aromatic carbocycles. The van der Waals surface area contributed by atoms with Gasteiger partial charge in [-0.2, -0.15) is 0 Å². The SMILES string of the molecule is CC(=CCOC(=O)CCCCCC(=O)OCC=C(C)CCC[C@H](C)CCC[C@H](C)CCCC(C)C)CCC[C@H](C)CCC[C@H](C)CCCC(C)C. The van der Waals surface area contributed by atoms with Crippen molar-refractivity contribution in [1.29, 1.82) is 0 Å². The van der Waals surface area contributed by atoms with Gasteiger partial charge < -0.3 is 9.47 Å². The molecule has 0 aliphatic heterocycles. The Balaban J connectivity index is 3.80. The maximum absolute atomic E-state index is 12.1. The summed E-state index contributed by atoms with van der Waals surface area (Å²) >= 11 is 0. The van der Waals surface area contributed by atoms with Crippen molar-refractivity contribution in [2.75, 3.05) is 13.2 Å². The van der Waals surface area contributed by atoms with Gasteiger partial charge in [0, 0.05) is 12.8 Å². The lowest BCUT2D eigenvalue weighted by Gasteiger charge is -2.15. The van der Waals surface area contributed by atoms with Crippen molar-refractivity contribution in [2.24, 2.45) is 35.5 Å². The topological polar surface area (TPSA) is 52.6 Å². The van der Waals surface area contributed by atoms with Crippen LogP contribution in [-0.2, 0) is 19.1 Å². The summed E-state index contributed by atoms with van der Waals surface area (Å²) in [5.41, 5.74) is 2.62. The lowest BCUT2D eigenvalue weighted by atomic mass is 9.91. The Bertz CT molecular complexity index is 828. The number of esters is 2. The number of carbonyl (C=O) groups is 2. The van der Waals surface area contributed by atoms with Crippen LogP contribution in [-0.4, -0.2) is 25.2 Å². The number of ether oxygens (including phenoxy) is 2. The number of hydrogen-bond donors (Lipinski definition) is 0. The molecule has 0 saturated heterocycles. The first-order valence-electron chi connectivity index (χ1n) is 21.9.